The molecule has 1 unspecified atom stereocenters. The van der Waals surface area contributed by atoms with Crippen LogP contribution >= 0.6 is 0 Å². The summed E-state index contributed by atoms with van der Waals surface area (Å²) in [7, 11) is 1.86. The SMILES string of the molecule is Cc1cccc(NC(=O)C[NH+](C)[C@@H](C)C(=O)Nc2ccc(C(C)C)cc2)c1C. The third kappa shape index (κ3) is 5.67. The van der Waals surface area contributed by atoms with Crippen LogP contribution in [0, 0.1) is 13.8 Å². The number of anilines is 2. The zero-order valence-corrected chi connectivity index (χ0v) is 17.7. The lowest BCUT2D eigenvalue weighted by molar-refractivity contribution is -0.885. The first-order valence-corrected chi connectivity index (χ1v) is 9.78. The molecule has 0 spiro atoms. The molecule has 150 valence electrons. The maximum absolute atomic E-state index is 12.5. The Morgan fingerprint density at radius 2 is 1.61 bits per heavy atom. The van der Waals surface area contributed by atoms with E-state index in [2.05, 4.69) is 24.5 Å². The van der Waals surface area contributed by atoms with Gasteiger partial charge in [0.05, 0.1) is 7.05 Å². The van der Waals surface area contributed by atoms with Gasteiger partial charge >= 0.3 is 0 Å². The van der Waals surface area contributed by atoms with E-state index in [-0.39, 0.29) is 24.4 Å². The quantitative estimate of drug-likeness (QED) is 0.689. The van der Waals surface area contributed by atoms with Crippen molar-refractivity contribution in [2.75, 3.05) is 24.2 Å². The Morgan fingerprint density at radius 3 is 2.21 bits per heavy atom. The van der Waals surface area contributed by atoms with Crippen LogP contribution in [-0.4, -0.2) is 31.4 Å². The molecule has 28 heavy (non-hydrogen) atoms. The number of hydrogen-bond acceptors (Lipinski definition) is 2. The van der Waals surface area contributed by atoms with Crippen LogP contribution in [0.25, 0.3) is 0 Å². The van der Waals surface area contributed by atoms with Crippen LogP contribution in [0.5, 0.6) is 0 Å². The summed E-state index contributed by atoms with van der Waals surface area (Å²) in [4.78, 5) is 25.8. The van der Waals surface area contributed by atoms with Gasteiger partial charge in [-0.25, -0.2) is 0 Å². The third-order valence-corrected chi connectivity index (χ3v) is 5.30. The number of benzene rings is 2. The Kier molecular flexibility index (Phi) is 7.35. The lowest BCUT2D eigenvalue weighted by Crippen LogP contribution is -3.14. The molecular formula is C23H32N3O2+. The lowest BCUT2D eigenvalue weighted by atomic mass is 10.0. The predicted molar refractivity (Wildman–Crippen MR) is 115 cm³/mol. The molecule has 0 aliphatic heterocycles. The van der Waals surface area contributed by atoms with Crippen molar-refractivity contribution in [3.05, 3.63) is 59.2 Å². The minimum Gasteiger partial charge on any atom is -0.321 e. The van der Waals surface area contributed by atoms with Crippen LogP contribution in [-0.2, 0) is 9.59 Å². The molecule has 0 aromatic heterocycles. The number of rotatable bonds is 7. The smallest absolute Gasteiger partial charge is 0.282 e. The van der Waals surface area contributed by atoms with Gasteiger partial charge in [0.15, 0.2) is 12.6 Å². The molecule has 0 aliphatic carbocycles. The Hall–Kier alpha value is -2.66. The molecule has 2 aromatic carbocycles. The van der Waals surface area contributed by atoms with Gasteiger partial charge in [0, 0.05) is 11.4 Å². The number of nitrogens with one attached hydrogen (secondary N) is 3. The third-order valence-electron chi connectivity index (χ3n) is 5.30. The van der Waals surface area contributed by atoms with Crippen molar-refractivity contribution in [2.45, 2.75) is 46.6 Å². The zero-order chi connectivity index (χ0) is 20.8. The second-order valence-corrected chi connectivity index (χ2v) is 7.81. The fraction of sp³-hybridized carbons (Fsp3) is 0.391. The van der Waals surface area contributed by atoms with Crippen molar-refractivity contribution >= 4 is 23.2 Å². The molecule has 2 atom stereocenters. The number of aryl methyl sites for hydroxylation is 1. The van der Waals surface area contributed by atoms with Gasteiger partial charge in [-0.15, -0.1) is 0 Å². The monoisotopic (exact) mass is 382 g/mol. The zero-order valence-electron chi connectivity index (χ0n) is 17.7. The molecule has 0 heterocycles. The minimum absolute atomic E-state index is 0.102. The first kappa shape index (κ1) is 21.6. The first-order chi connectivity index (χ1) is 13.2. The molecule has 5 heteroatoms. The molecule has 5 nitrogen and oxygen atoms in total. The van der Waals surface area contributed by atoms with Crippen molar-refractivity contribution in [1.29, 1.82) is 0 Å². The van der Waals surface area contributed by atoms with E-state index in [1.807, 2.05) is 70.3 Å². The number of amides is 2. The lowest BCUT2D eigenvalue weighted by Gasteiger charge is -2.21. The minimum atomic E-state index is -0.353. The highest BCUT2D eigenvalue weighted by atomic mass is 16.2. The summed E-state index contributed by atoms with van der Waals surface area (Å²) >= 11 is 0. The van der Waals surface area contributed by atoms with Gasteiger partial charge in [-0.1, -0.05) is 38.1 Å². The molecule has 0 fully saturated rings. The van der Waals surface area contributed by atoms with Gasteiger partial charge in [0.25, 0.3) is 11.8 Å². The summed E-state index contributed by atoms with van der Waals surface area (Å²) in [6, 6.07) is 13.4. The van der Waals surface area contributed by atoms with Crippen LogP contribution in [0.15, 0.2) is 42.5 Å². The van der Waals surface area contributed by atoms with Gasteiger partial charge in [-0.3, -0.25) is 9.59 Å². The number of hydrogen-bond donors (Lipinski definition) is 3. The van der Waals surface area contributed by atoms with Crippen LogP contribution in [0.1, 0.15) is 43.4 Å². The first-order valence-electron chi connectivity index (χ1n) is 9.78. The summed E-state index contributed by atoms with van der Waals surface area (Å²) in [5.41, 5.74) is 5.02. The van der Waals surface area contributed by atoms with E-state index in [9.17, 15) is 9.59 Å². The van der Waals surface area contributed by atoms with Crippen LogP contribution in [0.4, 0.5) is 11.4 Å². The second-order valence-electron chi connectivity index (χ2n) is 7.81. The fourth-order valence-electron chi connectivity index (χ4n) is 2.91. The average molecular weight is 383 g/mol. The number of carbonyl (C=O) groups excluding carboxylic acids is 2. The predicted octanol–water partition coefficient (Wildman–Crippen LogP) is 2.91. The van der Waals surface area contributed by atoms with Crippen molar-refractivity contribution in [3.63, 3.8) is 0 Å². The molecule has 3 N–H and O–H groups in total. The van der Waals surface area contributed by atoms with Crippen molar-refractivity contribution < 1.29 is 14.5 Å². The van der Waals surface area contributed by atoms with Crippen LogP contribution < -0.4 is 15.5 Å². The highest BCUT2D eigenvalue weighted by Crippen LogP contribution is 2.18. The van der Waals surface area contributed by atoms with E-state index >= 15 is 0 Å². The van der Waals surface area contributed by atoms with E-state index in [1.165, 1.54) is 5.56 Å². The van der Waals surface area contributed by atoms with Crippen molar-refractivity contribution in [1.82, 2.24) is 0 Å². The van der Waals surface area contributed by atoms with Gasteiger partial charge in [-0.2, -0.15) is 0 Å². The van der Waals surface area contributed by atoms with E-state index in [0.717, 1.165) is 27.4 Å². The van der Waals surface area contributed by atoms with Gasteiger partial charge in [0.2, 0.25) is 0 Å². The van der Waals surface area contributed by atoms with Crippen LogP contribution in [0.3, 0.4) is 0 Å². The summed E-state index contributed by atoms with van der Waals surface area (Å²) in [6.07, 6.45) is 0. The fourth-order valence-corrected chi connectivity index (χ4v) is 2.91. The number of quaternary nitrogens is 1. The standard InChI is InChI=1S/C23H31N3O2/c1-15(2)19-10-12-20(13-11-19)24-23(28)18(5)26(6)14-22(27)25-21-9-7-8-16(3)17(21)4/h7-13,15,18H,14H2,1-6H3,(H,24,28)(H,25,27)/p+1/t18-/m0/s1. The molecule has 0 aliphatic rings. The summed E-state index contributed by atoms with van der Waals surface area (Å²) in [5.74, 6) is 0.247. The van der Waals surface area contributed by atoms with Crippen molar-refractivity contribution in [2.24, 2.45) is 0 Å². The van der Waals surface area contributed by atoms with E-state index in [0.29, 0.717) is 5.92 Å². The van der Waals surface area contributed by atoms with Gasteiger partial charge in [-0.05, 0) is 61.6 Å². The topological polar surface area (TPSA) is 62.6 Å². The Labute approximate surface area is 168 Å². The highest BCUT2D eigenvalue weighted by molar-refractivity contribution is 5.94. The average Bonchev–Trinajstić information content (AvgIpc) is 2.65. The number of likely N-dealkylation sites (N-methyl/N-ethyl adjacent to an activating group) is 1. The molecule has 0 saturated carbocycles. The largest absolute Gasteiger partial charge is 0.321 e. The Bertz CT molecular complexity index is 828. The molecule has 2 aromatic rings. The summed E-state index contributed by atoms with van der Waals surface area (Å²) < 4.78 is 0. The second kappa shape index (κ2) is 9.51. The summed E-state index contributed by atoms with van der Waals surface area (Å²) in [6.45, 7) is 10.3. The molecule has 2 rings (SSSR count). The van der Waals surface area contributed by atoms with E-state index in [4.69, 9.17) is 0 Å². The van der Waals surface area contributed by atoms with Crippen molar-refractivity contribution in [3.8, 4) is 0 Å². The van der Waals surface area contributed by atoms with E-state index < -0.39 is 0 Å². The maximum Gasteiger partial charge on any atom is 0.282 e. The van der Waals surface area contributed by atoms with Crippen LogP contribution in [0.2, 0.25) is 0 Å². The maximum atomic E-state index is 12.5. The Balaban J connectivity index is 1.91. The van der Waals surface area contributed by atoms with Gasteiger partial charge < -0.3 is 15.5 Å². The van der Waals surface area contributed by atoms with Gasteiger partial charge in [0.1, 0.15) is 0 Å². The molecule has 0 bridgehead atoms. The Morgan fingerprint density at radius 1 is 0.964 bits per heavy atom. The molecule has 2 amide bonds. The molecule has 0 saturated heterocycles. The number of carbonyl (C=O) groups is 2. The normalized spacial score (nSPS) is 13.1. The molecule has 0 radical (unpaired) electrons. The summed E-state index contributed by atoms with van der Waals surface area (Å²) in [5, 5.41) is 5.89. The molecular weight excluding hydrogens is 350 g/mol. The highest BCUT2D eigenvalue weighted by Gasteiger charge is 2.24. The van der Waals surface area contributed by atoms with E-state index in [1.54, 1.807) is 0 Å².